The van der Waals surface area contributed by atoms with Crippen molar-refractivity contribution < 1.29 is 5.11 Å². The zero-order chi connectivity index (χ0) is 19.7. The van der Waals surface area contributed by atoms with E-state index in [1.807, 2.05) is 56.3 Å². The van der Waals surface area contributed by atoms with Crippen molar-refractivity contribution >= 4 is 0 Å². The summed E-state index contributed by atoms with van der Waals surface area (Å²) < 4.78 is 0. The van der Waals surface area contributed by atoms with Gasteiger partial charge in [0.25, 0.3) is 0 Å². The minimum atomic E-state index is -0.406. The summed E-state index contributed by atoms with van der Waals surface area (Å²) in [6.07, 6.45) is -0.406. The standard InChI is InChI=1S/C12H19N.C11H17NO.CH4/c1-10(11(2)13(3)4)12-8-6-5-7-9-12;1-9(12(2)3)11(13)10-7-5-4-6-8-10;/h5-11H,1-4H3;4-9,11,13H,1-3H3;1H4/t10-,11-;9-,11-;/m10./s1. The maximum atomic E-state index is 9.92. The van der Waals surface area contributed by atoms with Crippen LogP contribution in [0.3, 0.4) is 0 Å². The summed E-state index contributed by atoms with van der Waals surface area (Å²) in [5.41, 5.74) is 2.40. The van der Waals surface area contributed by atoms with Crippen LogP contribution in [0.5, 0.6) is 0 Å². The molecule has 2 rings (SSSR count). The molecule has 0 saturated carbocycles. The second-order valence-corrected chi connectivity index (χ2v) is 7.46. The van der Waals surface area contributed by atoms with Crippen LogP contribution in [0.4, 0.5) is 0 Å². The number of aliphatic hydroxyl groups is 1. The van der Waals surface area contributed by atoms with E-state index in [9.17, 15) is 5.11 Å². The van der Waals surface area contributed by atoms with Gasteiger partial charge >= 0.3 is 0 Å². The lowest BCUT2D eigenvalue weighted by molar-refractivity contribution is 0.0858. The van der Waals surface area contributed by atoms with Gasteiger partial charge < -0.3 is 14.9 Å². The van der Waals surface area contributed by atoms with Crippen LogP contribution in [0.15, 0.2) is 60.7 Å². The molecule has 0 saturated heterocycles. The molecule has 3 heteroatoms. The van der Waals surface area contributed by atoms with E-state index in [2.05, 4.69) is 63.2 Å². The van der Waals surface area contributed by atoms with Crippen LogP contribution in [0.25, 0.3) is 0 Å². The van der Waals surface area contributed by atoms with Crippen LogP contribution in [0, 0.1) is 0 Å². The number of hydrogen-bond donors (Lipinski definition) is 1. The van der Waals surface area contributed by atoms with E-state index in [1.54, 1.807) is 0 Å². The molecule has 0 spiro atoms. The van der Waals surface area contributed by atoms with E-state index in [1.165, 1.54) is 5.56 Å². The van der Waals surface area contributed by atoms with Gasteiger partial charge in [0.2, 0.25) is 0 Å². The molecular weight excluding hydrogens is 332 g/mol. The van der Waals surface area contributed by atoms with Gasteiger partial charge in [-0.1, -0.05) is 75.0 Å². The van der Waals surface area contributed by atoms with Crippen molar-refractivity contribution in [3.05, 3.63) is 71.8 Å². The molecule has 2 aromatic rings. The first-order valence-corrected chi connectivity index (χ1v) is 9.36. The van der Waals surface area contributed by atoms with E-state index in [4.69, 9.17) is 0 Å². The molecule has 4 atom stereocenters. The van der Waals surface area contributed by atoms with Gasteiger partial charge in [0.1, 0.15) is 0 Å². The summed E-state index contributed by atoms with van der Waals surface area (Å²) >= 11 is 0. The lowest BCUT2D eigenvalue weighted by atomic mass is 9.94. The Kier molecular flexibility index (Phi) is 11.9. The fourth-order valence-corrected chi connectivity index (χ4v) is 2.69. The summed E-state index contributed by atoms with van der Waals surface area (Å²) in [6, 6.07) is 21.1. The number of aliphatic hydroxyl groups excluding tert-OH is 1. The molecule has 0 aromatic heterocycles. The van der Waals surface area contributed by atoms with Gasteiger partial charge in [0, 0.05) is 12.1 Å². The number of likely N-dealkylation sites (N-methyl/N-ethyl adjacent to an activating group) is 2. The van der Waals surface area contributed by atoms with Crippen molar-refractivity contribution in [2.45, 2.75) is 52.3 Å². The van der Waals surface area contributed by atoms with Gasteiger partial charge in [-0.15, -0.1) is 0 Å². The predicted octanol–water partition coefficient (Wildman–Crippen LogP) is 5.05. The number of rotatable bonds is 6. The van der Waals surface area contributed by atoms with Gasteiger partial charge in [-0.05, 0) is 59.1 Å². The average molecular weight is 373 g/mol. The second-order valence-electron chi connectivity index (χ2n) is 7.46. The van der Waals surface area contributed by atoms with Gasteiger partial charge in [-0.3, -0.25) is 0 Å². The SMILES string of the molecule is C.C[C@@H]([C@H](O)c1ccccc1)N(C)C.C[C@H]([C@@H](C)c1ccccc1)N(C)C. The van der Waals surface area contributed by atoms with Crippen LogP contribution in [0.1, 0.15) is 51.3 Å². The zero-order valence-electron chi connectivity index (χ0n) is 17.4. The average Bonchev–Trinajstić information content (AvgIpc) is 2.67. The van der Waals surface area contributed by atoms with Crippen LogP contribution in [-0.4, -0.2) is 55.2 Å². The molecule has 0 aliphatic heterocycles. The summed E-state index contributed by atoms with van der Waals surface area (Å²) in [7, 11) is 8.20. The van der Waals surface area contributed by atoms with Crippen LogP contribution < -0.4 is 0 Å². The zero-order valence-corrected chi connectivity index (χ0v) is 17.4. The number of nitrogens with zero attached hydrogens (tertiary/aromatic N) is 2. The second kappa shape index (κ2) is 12.7. The Morgan fingerprint density at radius 1 is 0.630 bits per heavy atom. The molecule has 152 valence electrons. The highest BCUT2D eigenvalue weighted by atomic mass is 16.3. The molecule has 27 heavy (non-hydrogen) atoms. The fraction of sp³-hybridized carbons (Fsp3) is 0.500. The Morgan fingerprint density at radius 3 is 1.37 bits per heavy atom. The van der Waals surface area contributed by atoms with E-state index in [-0.39, 0.29) is 13.5 Å². The molecule has 0 aliphatic carbocycles. The Balaban J connectivity index is 0.000000483. The van der Waals surface area contributed by atoms with Gasteiger partial charge in [-0.25, -0.2) is 0 Å². The minimum Gasteiger partial charge on any atom is -0.387 e. The smallest absolute Gasteiger partial charge is 0.0942 e. The molecule has 2 aromatic carbocycles. The van der Waals surface area contributed by atoms with Crippen molar-refractivity contribution in [2.75, 3.05) is 28.2 Å². The van der Waals surface area contributed by atoms with Crippen molar-refractivity contribution in [1.82, 2.24) is 9.80 Å². The van der Waals surface area contributed by atoms with Crippen LogP contribution in [-0.2, 0) is 0 Å². The van der Waals surface area contributed by atoms with Crippen molar-refractivity contribution in [3.63, 3.8) is 0 Å². The highest BCUT2D eigenvalue weighted by Crippen LogP contribution is 2.21. The largest absolute Gasteiger partial charge is 0.387 e. The van der Waals surface area contributed by atoms with Gasteiger partial charge in [0.05, 0.1) is 6.10 Å². The summed E-state index contributed by atoms with van der Waals surface area (Å²) in [6.45, 7) is 6.55. The minimum absolute atomic E-state index is 0. The predicted molar refractivity (Wildman–Crippen MR) is 119 cm³/mol. The van der Waals surface area contributed by atoms with Crippen LogP contribution in [0.2, 0.25) is 0 Å². The van der Waals surface area contributed by atoms with Gasteiger partial charge in [-0.2, -0.15) is 0 Å². The van der Waals surface area contributed by atoms with Crippen molar-refractivity contribution in [3.8, 4) is 0 Å². The lowest BCUT2D eigenvalue weighted by Gasteiger charge is -2.26. The number of hydrogen-bond acceptors (Lipinski definition) is 3. The molecule has 3 nitrogen and oxygen atoms in total. The first-order valence-electron chi connectivity index (χ1n) is 9.36. The quantitative estimate of drug-likeness (QED) is 0.769. The van der Waals surface area contributed by atoms with E-state index in [0.29, 0.717) is 12.0 Å². The normalized spacial score (nSPS) is 15.2. The summed E-state index contributed by atoms with van der Waals surface area (Å²) in [5.74, 6) is 0.594. The molecule has 0 unspecified atom stereocenters. The molecular formula is C24H40N2O. The third-order valence-electron chi connectivity index (χ3n) is 5.28. The van der Waals surface area contributed by atoms with Crippen LogP contribution >= 0.6 is 0 Å². The third kappa shape index (κ3) is 8.25. The fourth-order valence-electron chi connectivity index (χ4n) is 2.69. The molecule has 0 radical (unpaired) electrons. The Morgan fingerprint density at radius 2 is 1.00 bits per heavy atom. The van der Waals surface area contributed by atoms with Crippen molar-refractivity contribution in [2.24, 2.45) is 0 Å². The topological polar surface area (TPSA) is 26.7 Å². The lowest BCUT2D eigenvalue weighted by Crippen LogP contribution is -2.30. The number of benzene rings is 2. The summed E-state index contributed by atoms with van der Waals surface area (Å²) in [5, 5.41) is 9.92. The van der Waals surface area contributed by atoms with E-state index < -0.39 is 6.10 Å². The molecule has 0 fully saturated rings. The highest BCUT2D eigenvalue weighted by Gasteiger charge is 2.17. The molecule has 0 amide bonds. The van der Waals surface area contributed by atoms with E-state index in [0.717, 1.165) is 5.56 Å². The molecule has 1 N–H and O–H groups in total. The third-order valence-corrected chi connectivity index (χ3v) is 5.28. The molecule has 0 bridgehead atoms. The monoisotopic (exact) mass is 372 g/mol. The molecule has 0 aliphatic rings. The molecule has 0 heterocycles. The first kappa shape index (κ1) is 25.3. The first-order chi connectivity index (χ1) is 12.3. The maximum Gasteiger partial charge on any atom is 0.0942 e. The van der Waals surface area contributed by atoms with Crippen molar-refractivity contribution in [1.29, 1.82) is 0 Å². The maximum absolute atomic E-state index is 9.92. The van der Waals surface area contributed by atoms with E-state index >= 15 is 0 Å². The highest BCUT2D eigenvalue weighted by molar-refractivity contribution is 5.20. The Labute approximate surface area is 167 Å². The Bertz CT molecular complexity index is 543. The van der Waals surface area contributed by atoms with Gasteiger partial charge in [0.15, 0.2) is 0 Å². The Hall–Kier alpha value is -1.68. The summed E-state index contributed by atoms with van der Waals surface area (Å²) in [4.78, 5) is 4.27.